The Bertz CT molecular complexity index is 1650. The summed E-state index contributed by atoms with van der Waals surface area (Å²) in [5.74, 6) is -5.17. The highest BCUT2D eigenvalue weighted by Gasteiger charge is 2.24. The van der Waals surface area contributed by atoms with E-state index in [9.17, 15) is 47.9 Å². The van der Waals surface area contributed by atoms with Crippen LogP contribution in [-0.2, 0) is 85.8 Å². The van der Waals surface area contributed by atoms with Gasteiger partial charge in [0.2, 0.25) is 0 Å². The molecule has 0 aromatic heterocycles. The van der Waals surface area contributed by atoms with Crippen LogP contribution < -0.4 is 0 Å². The minimum Gasteiger partial charge on any atom is -0.478 e. The first-order valence-electron chi connectivity index (χ1n) is 21.2. The zero-order valence-corrected chi connectivity index (χ0v) is 39.0. The van der Waals surface area contributed by atoms with Crippen molar-refractivity contribution in [1.82, 2.24) is 0 Å². The first-order valence-corrected chi connectivity index (χ1v) is 21.2. The molecule has 2 heterocycles. The second kappa shape index (κ2) is 42.2. The molecule has 0 saturated carbocycles. The monoisotopic (exact) mass is 956 g/mol. The van der Waals surface area contributed by atoms with Crippen molar-refractivity contribution in [2.75, 3.05) is 59.5 Å². The lowest BCUT2D eigenvalue weighted by molar-refractivity contribution is -0.151. The molecule has 0 aromatic rings. The zero-order valence-electron chi connectivity index (χ0n) is 39.0. The van der Waals surface area contributed by atoms with E-state index < -0.39 is 47.8 Å². The minimum atomic E-state index is -1.23. The molecular formula is C46H68O21. The molecule has 2 aliphatic heterocycles. The molecule has 2 saturated heterocycles. The van der Waals surface area contributed by atoms with Crippen LogP contribution in [-0.4, -0.2) is 134 Å². The van der Waals surface area contributed by atoms with Crippen LogP contribution in [0.3, 0.4) is 0 Å². The molecule has 2 aliphatic rings. The van der Waals surface area contributed by atoms with Crippen LogP contribution in [0.4, 0.5) is 0 Å². The van der Waals surface area contributed by atoms with Crippen LogP contribution >= 0.6 is 0 Å². The SMILES string of the molecule is C=C(C)C(=O)OCCO.C=C(C)C(=O)OCCOC(=O)CCCCCO.C=C(C)C(=O)OCCOC(=O)CCCCCOC(=O)CC(=C)C(=O)O.C=C1CC(=O)OC1=O.O=C1CCCCCO1. The molecule has 0 amide bonds. The Morgan fingerprint density at radius 2 is 1.01 bits per heavy atom. The van der Waals surface area contributed by atoms with Gasteiger partial charge < -0.3 is 53.2 Å². The fourth-order valence-corrected chi connectivity index (χ4v) is 4.09. The van der Waals surface area contributed by atoms with Crippen molar-refractivity contribution in [3.05, 3.63) is 60.8 Å². The Hall–Kier alpha value is -6.48. The van der Waals surface area contributed by atoms with Crippen LogP contribution in [0.2, 0.25) is 0 Å². The van der Waals surface area contributed by atoms with Crippen molar-refractivity contribution < 1.29 is 101 Å². The van der Waals surface area contributed by atoms with E-state index in [-0.39, 0.29) is 101 Å². The summed E-state index contributed by atoms with van der Waals surface area (Å²) in [5, 5.41) is 25.3. The highest BCUT2D eigenvalue weighted by Crippen LogP contribution is 2.11. The van der Waals surface area contributed by atoms with Gasteiger partial charge in [-0.05, 0) is 72.1 Å². The highest BCUT2D eigenvalue weighted by atomic mass is 16.6. The molecule has 0 atom stereocenters. The van der Waals surface area contributed by atoms with Gasteiger partial charge in [-0.1, -0.05) is 39.3 Å². The smallest absolute Gasteiger partial charge is 0.341 e. The van der Waals surface area contributed by atoms with E-state index in [4.69, 9.17) is 43.7 Å². The van der Waals surface area contributed by atoms with E-state index in [1.165, 1.54) is 6.92 Å². The zero-order chi connectivity index (χ0) is 51.6. The standard InChI is InChI=1S/C17H24O8.C12H20O5.C6H10O3.C6H10O2.C5H4O3/c1-12(2)17(22)25-10-9-24-14(18)7-5-4-6-8-23-15(19)11-13(3)16(20)21;1-10(2)12(15)17-9-8-16-11(14)6-4-3-5-7-13;1-5(2)6(8)9-4-3-7;7-6-4-2-1-3-5-8-6;1-3-2-4(6)8-5(3)7/h1,3-11H2,2H3,(H,20,21);13H,1,3-9H2,2H3;7H,1,3-4H2,2H3;1-5H2;1-2H2. The molecule has 2 fully saturated rings. The van der Waals surface area contributed by atoms with Crippen LogP contribution in [0.15, 0.2) is 60.8 Å². The fraction of sp³-hybridized carbons (Fsp3) is 0.565. The first-order chi connectivity index (χ1) is 31.6. The van der Waals surface area contributed by atoms with Gasteiger partial charge in [0.05, 0.1) is 32.7 Å². The quantitative estimate of drug-likeness (QED) is 0.0379. The molecular weight excluding hydrogens is 888 g/mol. The number of hydrogen-bond donors (Lipinski definition) is 3. The summed E-state index contributed by atoms with van der Waals surface area (Å²) in [6.45, 7) is 22.3. The highest BCUT2D eigenvalue weighted by molar-refractivity contribution is 6.05. The van der Waals surface area contributed by atoms with Gasteiger partial charge in [0.15, 0.2) is 0 Å². The third-order valence-electron chi connectivity index (χ3n) is 7.66. The number of aliphatic hydroxyl groups is 2. The molecule has 21 heteroatoms. The summed E-state index contributed by atoms with van der Waals surface area (Å²) in [5.41, 5.74) is 0.972. The number of carboxylic acid groups (broad SMARTS) is 1. The maximum atomic E-state index is 11.4. The number of rotatable bonds is 25. The lowest BCUT2D eigenvalue weighted by Crippen LogP contribution is -2.14. The predicted octanol–water partition coefficient (Wildman–Crippen LogP) is 4.20. The van der Waals surface area contributed by atoms with E-state index in [1.807, 2.05) is 0 Å². The number of cyclic esters (lactones) is 3. The average Bonchev–Trinajstić information content (AvgIpc) is 3.39. The van der Waals surface area contributed by atoms with E-state index in [1.54, 1.807) is 13.8 Å². The summed E-state index contributed by atoms with van der Waals surface area (Å²) < 4.78 is 37.4. The number of ether oxygens (including phenoxy) is 8. The third kappa shape index (κ3) is 43.2. The Morgan fingerprint density at radius 3 is 1.42 bits per heavy atom. The summed E-state index contributed by atoms with van der Waals surface area (Å²) in [6, 6.07) is 0. The topological polar surface area (TPSA) is 305 Å². The molecule has 0 bridgehead atoms. The molecule has 0 radical (unpaired) electrons. The number of carbonyl (C=O) groups excluding carboxylic acids is 9. The number of carbonyl (C=O) groups is 10. The third-order valence-corrected chi connectivity index (χ3v) is 7.66. The van der Waals surface area contributed by atoms with Crippen LogP contribution in [0, 0.1) is 0 Å². The van der Waals surface area contributed by atoms with E-state index in [0.29, 0.717) is 62.7 Å². The summed E-state index contributed by atoms with van der Waals surface area (Å²) in [6.07, 6.45) is 8.02. The first kappa shape index (κ1) is 64.8. The van der Waals surface area contributed by atoms with Crippen molar-refractivity contribution in [3.63, 3.8) is 0 Å². The van der Waals surface area contributed by atoms with Crippen molar-refractivity contribution >= 4 is 59.7 Å². The summed E-state index contributed by atoms with van der Waals surface area (Å²) in [7, 11) is 0. The lowest BCUT2D eigenvalue weighted by atomic mass is 10.2. The number of aliphatic carboxylic acids is 1. The number of hydrogen-bond acceptors (Lipinski definition) is 20. The minimum absolute atomic E-state index is 0.0110. The molecule has 0 spiro atoms. The number of carboxylic acids is 1. The molecule has 0 aliphatic carbocycles. The Morgan fingerprint density at radius 1 is 0.552 bits per heavy atom. The van der Waals surface area contributed by atoms with Crippen LogP contribution in [0.1, 0.15) is 111 Å². The molecule has 21 nitrogen and oxygen atoms in total. The summed E-state index contributed by atoms with van der Waals surface area (Å²) >= 11 is 0. The van der Waals surface area contributed by atoms with Crippen molar-refractivity contribution in [2.24, 2.45) is 0 Å². The van der Waals surface area contributed by atoms with Crippen molar-refractivity contribution in [3.8, 4) is 0 Å². The molecule has 0 aromatic carbocycles. The molecule has 3 N–H and O–H groups in total. The lowest BCUT2D eigenvalue weighted by Gasteiger charge is -2.07. The number of unbranched alkanes of at least 4 members (excludes halogenated alkanes) is 4. The largest absolute Gasteiger partial charge is 0.478 e. The maximum absolute atomic E-state index is 11.4. The summed E-state index contributed by atoms with van der Waals surface area (Å²) in [4.78, 5) is 108. The van der Waals surface area contributed by atoms with Gasteiger partial charge >= 0.3 is 59.7 Å². The predicted molar refractivity (Wildman–Crippen MR) is 237 cm³/mol. The molecule has 0 unspecified atom stereocenters. The molecule has 2 rings (SSSR count). The van der Waals surface area contributed by atoms with Gasteiger partial charge in [-0.15, -0.1) is 0 Å². The maximum Gasteiger partial charge on any atom is 0.341 e. The number of esters is 9. The van der Waals surface area contributed by atoms with E-state index in [0.717, 1.165) is 25.7 Å². The van der Waals surface area contributed by atoms with Crippen LogP contribution in [0.5, 0.6) is 0 Å². The van der Waals surface area contributed by atoms with E-state index >= 15 is 0 Å². The van der Waals surface area contributed by atoms with E-state index in [2.05, 4.69) is 42.4 Å². The van der Waals surface area contributed by atoms with Gasteiger partial charge in [-0.3, -0.25) is 24.0 Å². The second-order valence-electron chi connectivity index (χ2n) is 14.1. The van der Waals surface area contributed by atoms with Crippen molar-refractivity contribution in [1.29, 1.82) is 0 Å². The molecule has 378 valence electrons. The van der Waals surface area contributed by atoms with Gasteiger partial charge in [0.1, 0.15) is 33.0 Å². The average molecular weight is 957 g/mol. The number of aliphatic hydroxyl groups excluding tert-OH is 2. The Labute approximate surface area is 391 Å². The van der Waals surface area contributed by atoms with Gasteiger partial charge in [-0.2, -0.15) is 0 Å². The fourth-order valence-electron chi connectivity index (χ4n) is 4.09. The van der Waals surface area contributed by atoms with Gasteiger partial charge in [0.25, 0.3) is 0 Å². The normalized spacial score (nSPS) is 12.2. The Kier molecular flexibility index (Phi) is 40.8. The van der Waals surface area contributed by atoms with Gasteiger partial charge in [0, 0.05) is 53.7 Å². The Balaban J connectivity index is -0.000000832. The van der Waals surface area contributed by atoms with Crippen LogP contribution in [0.25, 0.3) is 0 Å². The second-order valence-corrected chi connectivity index (χ2v) is 14.1. The van der Waals surface area contributed by atoms with Crippen molar-refractivity contribution in [2.45, 2.75) is 111 Å². The molecule has 67 heavy (non-hydrogen) atoms. The van der Waals surface area contributed by atoms with Gasteiger partial charge in [-0.25, -0.2) is 24.0 Å².